The molecular formula is C59H43N3. The molecule has 0 aliphatic heterocycles. The number of nitrogens with zero attached hydrogens (tertiary/aromatic N) is 3. The van der Waals surface area contributed by atoms with E-state index in [1.165, 1.54) is 60.1 Å². The van der Waals surface area contributed by atoms with Gasteiger partial charge < -0.3 is 14.4 Å². The average Bonchev–Trinajstić information content (AvgIpc) is 3.79. The van der Waals surface area contributed by atoms with Crippen LogP contribution in [0.1, 0.15) is 25.0 Å². The average molecular weight is 794 g/mol. The minimum atomic E-state index is -0.145. The van der Waals surface area contributed by atoms with Crippen LogP contribution in [0.3, 0.4) is 0 Å². The van der Waals surface area contributed by atoms with Gasteiger partial charge >= 0.3 is 0 Å². The molecule has 0 fully saturated rings. The van der Waals surface area contributed by atoms with Gasteiger partial charge in [-0.15, -0.1) is 0 Å². The molecule has 1 aliphatic carbocycles. The standard InChI is InChI=1S/C59H43N3/c1-59(2)52-36-33-46(37-51(52)56-48-29-17-15-19-40(48)32-35-53(56)59)61(44-25-11-5-12-26-44)54-38-47(60(42-21-7-3-8-22-42)43-23-9-4-10-24-43)39-55-57(54)50-34-31-41-20-16-18-30-49(41)58(50)62(55)45-27-13-6-14-28-45/h3-39H,1-2H3. The normalized spacial score (nSPS) is 12.8. The lowest BCUT2D eigenvalue weighted by atomic mass is 9.82. The summed E-state index contributed by atoms with van der Waals surface area (Å²) in [5, 5.41) is 7.38. The summed E-state index contributed by atoms with van der Waals surface area (Å²) < 4.78 is 2.49. The molecule has 1 aromatic heterocycles. The Kier molecular flexibility index (Phi) is 8.20. The molecule has 0 bridgehead atoms. The molecule has 3 heteroatoms. The number of anilines is 6. The molecule has 0 radical (unpaired) electrons. The molecule has 0 atom stereocenters. The molecular weight excluding hydrogens is 751 g/mol. The molecule has 3 nitrogen and oxygen atoms in total. The summed E-state index contributed by atoms with van der Waals surface area (Å²) in [6.45, 7) is 4.75. The SMILES string of the molecule is CC1(C)c2ccc(N(c3ccccc3)c3cc(N(c4ccccc4)c4ccccc4)cc4c3c3ccc5ccccc5c3n4-c3ccccc3)cc2-c2c1ccc1ccccc21. The highest BCUT2D eigenvalue weighted by molar-refractivity contribution is 6.23. The number of aromatic nitrogens is 1. The monoisotopic (exact) mass is 793 g/mol. The number of rotatable bonds is 7. The van der Waals surface area contributed by atoms with Gasteiger partial charge in [-0.05, 0) is 111 Å². The van der Waals surface area contributed by atoms with Crippen molar-refractivity contribution < 1.29 is 0 Å². The number of hydrogen-bond donors (Lipinski definition) is 0. The molecule has 1 heterocycles. The fourth-order valence-electron chi connectivity index (χ4n) is 10.3. The zero-order valence-electron chi connectivity index (χ0n) is 34.7. The summed E-state index contributed by atoms with van der Waals surface area (Å²) in [4.78, 5) is 4.89. The first-order valence-corrected chi connectivity index (χ1v) is 21.5. The van der Waals surface area contributed by atoms with Crippen LogP contribution in [0.4, 0.5) is 34.1 Å². The van der Waals surface area contributed by atoms with Gasteiger partial charge in [-0.1, -0.05) is 166 Å². The van der Waals surface area contributed by atoms with Crippen molar-refractivity contribution in [2.24, 2.45) is 0 Å². The van der Waals surface area contributed by atoms with E-state index >= 15 is 0 Å². The van der Waals surface area contributed by atoms with Crippen molar-refractivity contribution in [1.82, 2.24) is 4.57 Å². The topological polar surface area (TPSA) is 11.4 Å². The highest BCUT2D eigenvalue weighted by atomic mass is 15.2. The van der Waals surface area contributed by atoms with Crippen LogP contribution in [0.15, 0.2) is 224 Å². The van der Waals surface area contributed by atoms with Crippen LogP contribution in [0.5, 0.6) is 0 Å². The van der Waals surface area contributed by atoms with Crippen molar-refractivity contribution in [3.63, 3.8) is 0 Å². The molecule has 62 heavy (non-hydrogen) atoms. The molecule has 12 rings (SSSR count). The van der Waals surface area contributed by atoms with Gasteiger partial charge in [-0.2, -0.15) is 0 Å². The van der Waals surface area contributed by atoms with Crippen molar-refractivity contribution in [3.05, 3.63) is 236 Å². The van der Waals surface area contributed by atoms with Crippen molar-refractivity contribution in [2.45, 2.75) is 19.3 Å². The molecule has 0 saturated carbocycles. The first-order valence-electron chi connectivity index (χ1n) is 21.5. The summed E-state index contributed by atoms with van der Waals surface area (Å²) in [6.07, 6.45) is 0. The largest absolute Gasteiger partial charge is 0.310 e. The number of benzene rings is 10. The molecule has 0 amide bonds. The van der Waals surface area contributed by atoms with Crippen LogP contribution in [0, 0.1) is 0 Å². The maximum Gasteiger partial charge on any atom is 0.0620 e. The van der Waals surface area contributed by atoms with E-state index in [-0.39, 0.29) is 5.41 Å². The predicted molar refractivity (Wildman–Crippen MR) is 263 cm³/mol. The lowest BCUT2D eigenvalue weighted by Gasteiger charge is -2.31. The van der Waals surface area contributed by atoms with E-state index in [4.69, 9.17) is 0 Å². The Morgan fingerprint density at radius 3 is 1.58 bits per heavy atom. The van der Waals surface area contributed by atoms with E-state index in [0.717, 1.165) is 45.3 Å². The zero-order chi connectivity index (χ0) is 41.4. The molecule has 0 unspecified atom stereocenters. The third-order valence-electron chi connectivity index (χ3n) is 13.1. The molecule has 294 valence electrons. The van der Waals surface area contributed by atoms with Gasteiger partial charge in [0.25, 0.3) is 0 Å². The quantitative estimate of drug-likeness (QED) is 0.159. The van der Waals surface area contributed by atoms with Crippen molar-refractivity contribution in [1.29, 1.82) is 0 Å². The number of fused-ring (bicyclic) bond motifs is 10. The second-order valence-electron chi connectivity index (χ2n) is 17.0. The van der Waals surface area contributed by atoms with Gasteiger partial charge in [-0.25, -0.2) is 0 Å². The molecule has 11 aromatic rings. The zero-order valence-corrected chi connectivity index (χ0v) is 34.7. The van der Waals surface area contributed by atoms with Crippen LogP contribution in [-0.4, -0.2) is 4.57 Å². The Bertz CT molecular complexity index is 3440. The van der Waals surface area contributed by atoms with Crippen molar-refractivity contribution in [3.8, 4) is 16.8 Å². The van der Waals surface area contributed by atoms with Gasteiger partial charge in [0.15, 0.2) is 0 Å². The summed E-state index contributed by atoms with van der Waals surface area (Å²) in [5.74, 6) is 0. The maximum absolute atomic E-state index is 2.50. The van der Waals surface area contributed by atoms with Crippen molar-refractivity contribution >= 4 is 77.5 Å². The highest BCUT2D eigenvalue weighted by Gasteiger charge is 2.37. The fraction of sp³-hybridized carbons (Fsp3) is 0.0508. The second-order valence-corrected chi connectivity index (χ2v) is 17.0. The lowest BCUT2D eigenvalue weighted by molar-refractivity contribution is 0.661. The Labute approximate surface area is 362 Å². The summed E-state index contributed by atoms with van der Waals surface area (Å²) >= 11 is 0. The molecule has 10 aromatic carbocycles. The maximum atomic E-state index is 2.50. The van der Waals surface area contributed by atoms with Gasteiger partial charge in [0.05, 0.1) is 22.4 Å². The van der Waals surface area contributed by atoms with E-state index in [0.29, 0.717) is 0 Å². The van der Waals surface area contributed by atoms with Crippen LogP contribution >= 0.6 is 0 Å². The third-order valence-corrected chi connectivity index (χ3v) is 13.1. The van der Waals surface area contributed by atoms with Crippen LogP contribution in [0.25, 0.3) is 60.2 Å². The smallest absolute Gasteiger partial charge is 0.0620 e. The van der Waals surface area contributed by atoms with Crippen LogP contribution in [-0.2, 0) is 5.41 Å². The highest BCUT2D eigenvalue weighted by Crippen LogP contribution is 2.54. The van der Waals surface area contributed by atoms with Gasteiger partial charge in [-0.3, -0.25) is 0 Å². The Morgan fingerprint density at radius 1 is 0.387 bits per heavy atom. The third kappa shape index (κ3) is 5.52. The van der Waals surface area contributed by atoms with E-state index < -0.39 is 0 Å². The van der Waals surface area contributed by atoms with E-state index in [1.54, 1.807) is 0 Å². The minimum Gasteiger partial charge on any atom is -0.310 e. The molecule has 0 N–H and O–H groups in total. The first-order chi connectivity index (χ1) is 30.5. The Balaban J connectivity index is 1.23. The van der Waals surface area contributed by atoms with Crippen LogP contribution < -0.4 is 9.80 Å². The second kappa shape index (κ2) is 14.1. The van der Waals surface area contributed by atoms with E-state index in [2.05, 4.69) is 253 Å². The molecule has 0 saturated heterocycles. The van der Waals surface area contributed by atoms with Crippen LogP contribution in [0.2, 0.25) is 0 Å². The summed E-state index contributed by atoms with van der Waals surface area (Å²) in [5.41, 5.74) is 15.2. The summed E-state index contributed by atoms with van der Waals surface area (Å²) in [6, 6.07) is 82.2. The van der Waals surface area contributed by atoms with Gasteiger partial charge in [0, 0.05) is 50.0 Å². The van der Waals surface area contributed by atoms with E-state index in [9.17, 15) is 0 Å². The fourth-order valence-corrected chi connectivity index (χ4v) is 10.3. The van der Waals surface area contributed by atoms with Gasteiger partial charge in [0.1, 0.15) is 0 Å². The minimum absolute atomic E-state index is 0.145. The molecule has 1 aliphatic rings. The number of hydrogen-bond acceptors (Lipinski definition) is 2. The number of para-hydroxylation sites is 4. The van der Waals surface area contributed by atoms with Gasteiger partial charge in [0.2, 0.25) is 0 Å². The molecule has 0 spiro atoms. The first kappa shape index (κ1) is 36.0. The summed E-state index contributed by atoms with van der Waals surface area (Å²) in [7, 11) is 0. The van der Waals surface area contributed by atoms with E-state index in [1.807, 2.05) is 0 Å². The predicted octanol–water partition coefficient (Wildman–Crippen LogP) is 16.3. The van der Waals surface area contributed by atoms with Crippen molar-refractivity contribution in [2.75, 3.05) is 9.80 Å². The Morgan fingerprint density at radius 2 is 0.919 bits per heavy atom. The lowest BCUT2D eigenvalue weighted by Crippen LogP contribution is -2.16. The Hall–Kier alpha value is -7.88.